The van der Waals surface area contributed by atoms with Gasteiger partial charge in [0.15, 0.2) is 12.4 Å². The van der Waals surface area contributed by atoms with E-state index in [1.807, 2.05) is 35.2 Å². The van der Waals surface area contributed by atoms with E-state index in [1.54, 1.807) is 24.3 Å². The van der Waals surface area contributed by atoms with Crippen molar-refractivity contribution in [3.63, 3.8) is 0 Å². The summed E-state index contributed by atoms with van der Waals surface area (Å²) >= 11 is 0. The molecular formula is C12H10F6NO2P. The summed E-state index contributed by atoms with van der Waals surface area (Å²) in [4.78, 5) is 10.6. The summed E-state index contributed by atoms with van der Waals surface area (Å²) < 4.78 is 61.1. The Balaban J connectivity index is 0.000000295. The predicted octanol–water partition coefficient (Wildman–Crippen LogP) is 5.04. The Morgan fingerprint density at radius 2 is 1.27 bits per heavy atom. The van der Waals surface area contributed by atoms with Crippen molar-refractivity contribution >= 4 is 13.8 Å². The van der Waals surface area contributed by atoms with Crippen molar-refractivity contribution in [3.05, 3.63) is 60.4 Å². The molecule has 0 bridgehead atoms. The fourth-order valence-electron chi connectivity index (χ4n) is 1.35. The Morgan fingerprint density at radius 3 is 1.64 bits per heavy atom. The van der Waals surface area contributed by atoms with Gasteiger partial charge in [-0.3, -0.25) is 0 Å². The number of carboxylic acids is 1. The molecule has 122 valence electrons. The molecule has 1 aromatic heterocycles. The molecule has 0 aliphatic carbocycles. The third kappa shape index (κ3) is 8.91. The second-order valence-corrected chi connectivity index (χ2v) is 6.01. The van der Waals surface area contributed by atoms with Gasteiger partial charge in [0.2, 0.25) is 5.69 Å². The number of benzene rings is 1. The minimum Gasteiger partial charge on any atom is -0.478 e. The molecule has 0 atom stereocenters. The largest absolute Gasteiger partial charge is 0.478 e. The van der Waals surface area contributed by atoms with Gasteiger partial charge in [-0.05, 0) is 12.1 Å². The molecule has 0 saturated heterocycles. The van der Waals surface area contributed by atoms with E-state index in [-0.39, 0.29) is 0 Å². The first-order chi connectivity index (χ1) is 9.72. The number of pyridine rings is 1. The quantitative estimate of drug-likeness (QED) is 0.470. The van der Waals surface area contributed by atoms with Crippen molar-refractivity contribution in [2.24, 2.45) is 0 Å². The molecule has 22 heavy (non-hydrogen) atoms. The minimum absolute atomic E-state index is 0.301. The van der Waals surface area contributed by atoms with Crippen LogP contribution in [-0.4, -0.2) is 11.1 Å². The average molecular weight is 345 g/mol. The Kier molecular flexibility index (Phi) is 4.26. The number of nitrogens with zero attached hydrogens (tertiary/aromatic N) is 1. The summed E-state index contributed by atoms with van der Waals surface area (Å²) in [5.74, 6) is -0.903. The van der Waals surface area contributed by atoms with E-state index in [1.165, 1.54) is 0 Å². The summed E-state index contributed by atoms with van der Waals surface area (Å²) in [7, 11) is -10.7. The monoisotopic (exact) mass is 345 g/mol. The Labute approximate surface area is 120 Å². The van der Waals surface area contributed by atoms with Gasteiger partial charge in [-0.25, -0.2) is 4.79 Å². The topological polar surface area (TPSA) is 41.2 Å². The van der Waals surface area contributed by atoms with Gasteiger partial charge in [-0.15, -0.1) is 0 Å². The fourth-order valence-corrected chi connectivity index (χ4v) is 1.35. The molecule has 0 amide bonds. The van der Waals surface area contributed by atoms with Crippen LogP contribution >= 0.6 is 7.81 Å². The van der Waals surface area contributed by atoms with Crippen LogP contribution in [0.5, 0.6) is 0 Å². The molecule has 1 N–H and O–H groups in total. The van der Waals surface area contributed by atoms with Crippen LogP contribution < -0.4 is 4.57 Å². The number of hydrogen-bond acceptors (Lipinski definition) is 1. The van der Waals surface area contributed by atoms with Crippen LogP contribution in [0.1, 0.15) is 10.4 Å². The smallest absolute Gasteiger partial charge is 0.335 e. The number of carbonyl (C=O) groups is 1. The summed E-state index contributed by atoms with van der Waals surface area (Å²) in [5.41, 5.74) is 1.25. The molecule has 3 nitrogen and oxygen atoms in total. The SMILES string of the molecule is F[P-](F)(F)(F)(F)F.O=C(O)c1ccc(-[n+]2ccccc2)cc1. The summed E-state index contributed by atoms with van der Waals surface area (Å²) in [5, 5.41) is 8.74. The first kappa shape index (κ1) is 17.9. The molecule has 1 heterocycles. The van der Waals surface area contributed by atoms with Crippen LogP contribution in [0.25, 0.3) is 5.69 Å². The second-order valence-electron chi connectivity index (χ2n) is 4.09. The minimum atomic E-state index is -10.7. The van der Waals surface area contributed by atoms with Gasteiger partial charge in [-0.2, -0.15) is 4.57 Å². The zero-order valence-electron chi connectivity index (χ0n) is 10.7. The van der Waals surface area contributed by atoms with E-state index in [0.29, 0.717) is 5.56 Å². The van der Waals surface area contributed by atoms with Crippen molar-refractivity contribution < 1.29 is 39.6 Å². The van der Waals surface area contributed by atoms with E-state index in [4.69, 9.17) is 5.11 Å². The molecule has 0 aliphatic heterocycles. The number of halogens is 6. The molecule has 2 rings (SSSR count). The molecule has 0 fully saturated rings. The van der Waals surface area contributed by atoms with Crippen LogP contribution in [0.15, 0.2) is 54.9 Å². The number of aromatic nitrogens is 1. The average Bonchev–Trinajstić information content (AvgIpc) is 2.36. The summed E-state index contributed by atoms with van der Waals surface area (Å²) in [6, 6.07) is 12.5. The Morgan fingerprint density at radius 1 is 0.864 bits per heavy atom. The first-order valence-corrected chi connectivity index (χ1v) is 7.61. The molecule has 0 saturated carbocycles. The Hall–Kier alpha value is -2.15. The van der Waals surface area contributed by atoms with E-state index in [0.717, 1.165) is 5.69 Å². The van der Waals surface area contributed by atoms with Gasteiger partial charge in [0, 0.05) is 24.3 Å². The van der Waals surface area contributed by atoms with Gasteiger partial charge >= 0.3 is 39.0 Å². The zero-order chi connectivity index (χ0) is 17.1. The van der Waals surface area contributed by atoms with E-state index in [2.05, 4.69) is 0 Å². The second kappa shape index (κ2) is 5.24. The molecule has 0 radical (unpaired) electrons. The van der Waals surface area contributed by atoms with E-state index >= 15 is 0 Å². The predicted molar refractivity (Wildman–Crippen MR) is 68.5 cm³/mol. The molecule has 2 aromatic rings. The van der Waals surface area contributed by atoms with Crippen LogP contribution in [0.2, 0.25) is 0 Å². The molecular weight excluding hydrogens is 335 g/mol. The van der Waals surface area contributed by atoms with Crippen molar-refractivity contribution in [1.82, 2.24) is 0 Å². The van der Waals surface area contributed by atoms with Crippen molar-refractivity contribution in [1.29, 1.82) is 0 Å². The van der Waals surface area contributed by atoms with Gasteiger partial charge in [0.05, 0.1) is 5.56 Å². The van der Waals surface area contributed by atoms with Crippen LogP contribution in [0, 0.1) is 0 Å². The maximum Gasteiger partial charge on any atom is 0.335 e. The summed E-state index contributed by atoms with van der Waals surface area (Å²) in [6.45, 7) is 0. The normalized spacial score (nSPS) is 14.1. The maximum atomic E-state index is 10.6. The van der Waals surface area contributed by atoms with Crippen LogP contribution in [0.4, 0.5) is 25.2 Å². The van der Waals surface area contributed by atoms with Crippen molar-refractivity contribution in [2.75, 3.05) is 0 Å². The third-order valence-electron chi connectivity index (χ3n) is 2.13. The van der Waals surface area contributed by atoms with Crippen LogP contribution in [0.3, 0.4) is 0 Å². The van der Waals surface area contributed by atoms with Crippen molar-refractivity contribution in [3.8, 4) is 5.69 Å². The van der Waals surface area contributed by atoms with E-state index < -0.39 is 13.8 Å². The first-order valence-electron chi connectivity index (χ1n) is 5.59. The molecule has 0 unspecified atom stereocenters. The zero-order valence-corrected chi connectivity index (χ0v) is 11.6. The fraction of sp³-hybridized carbons (Fsp3) is 0. The van der Waals surface area contributed by atoms with Gasteiger partial charge < -0.3 is 5.11 Å². The maximum absolute atomic E-state index is 10.7. The molecule has 10 heteroatoms. The van der Waals surface area contributed by atoms with Gasteiger partial charge in [-0.1, -0.05) is 6.07 Å². The number of carboxylic acid groups (broad SMARTS) is 1. The number of rotatable bonds is 2. The Bertz CT molecular complexity index is 644. The number of hydrogen-bond donors (Lipinski definition) is 1. The van der Waals surface area contributed by atoms with E-state index in [9.17, 15) is 30.0 Å². The standard InChI is InChI=1S/C12H9NO2.F6P/c14-12(15)10-4-6-11(7-5-10)13-8-2-1-3-9-13;1-7(2,3,4,5)6/h1-9H;/q;-1/p+1. The third-order valence-corrected chi connectivity index (χ3v) is 2.13. The summed E-state index contributed by atoms with van der Waals surface area (Å²) in [6.07, 6.45) is 3.82. The van der Waals surface area contributed by atoms with Gasteiger partial charge in [0.1, 0.15) is 0 Å². The van der Waals surface area contributed by atoms with Crippen molar-refractivity contribution in [2.45, 2.75) is 0 Å². The van der Waals surface area contributed by atoms with Crippen LogP contribution in [-0.2, 0) is 0 Å². The number of aromatic carboxylic acids is 1. The molecule has 1 aromatic carbocycles. The molecule has 0 aliphatic rings. The molecule has 0 spiro atoms. The van der Waals surface area contributed by atoms with Gasteiger partial charge in [0.25, 0.3) is 0 Å².